The molecule has 1 aliphatic heterocycles. The van der Waals surface area contributed by atoms with Crippen molar-refractivity contribution in [3.63, 3.8) is 0 Å². The number of benzene rings is 1. The summed E-state index contributed by atoms with van der Waals surface area (Å²) in [5, 5.41) is 4.94. The number of hydrogen-bond donors (Lipinski definition) is 1. The second-order valence-corrected chi connectivity index (χ2v) is 7.73. The first-order valence-electron chi connectivity index (χ1n) is 8.59. The largest absolute Gasteiger partial charge is 0.339 e. The number of thioether (sulfide) groups is 1. The van der Waals surface area contributed by atoms with Crippen LogP contribution in [0, 0.1) is 0 Å². The number of nitrogens with zero attached hydrogens (tertiary/aromatic N) is 3. The van der Waals surface area contributed by atoms with E-state index in [-0.39, 0.29) is 30.0 Å². The zero-order valence-corrected chi connectivity index (χ0v) is 16.7. The van der Waals surface area contributed by atoms with Gasteiger partial charge in [-0.25, -0.2) is 4.98 Å². The Bertz CT molecular complexity index is 850. The lowest BCUT2D eigenvalue weighted by Gasteiger charge is -2.29. The number of fused-ring (bicyclic) bond motifs is 1. The SMILES string of the molecule is CCN(CC)C(=O)c1ccc2c(c1)N(CC(=O)Nc1nccs1)C(=O)CS2. The van der Waals surface area contributed by atoms with Crippen molar-refractivity contribution in [1.29, 1.82) is 0 Å². The van der Waals surface area contributed by atoms with Gasteiger partial charge in [-0.3, -0.25) is 14.4 Å². The highest BCUT2D eigenvalue weighted by Crippen LogP contribution is 2.36. The number of anilines is 2. The number of amides is 3. The predicted octanol–water partition coefficient (Wildman–Crippen LogP) is 2.70. The van der Waals surface area contributed by atoms with E-state index in [1.165, 1.54) is 28.0 Å². The molecule has 0 bridgehead atoms. The van der Waals surface area contributed by atoms with Crippen LogP contribution in [0.3, 0.4) is 0 Å². The van der Waals surface area contributed by atoms with E-state index >= 15 is 0 Å². The van der Waals surface area contributed by atoms with E-state index in [1.54, 1.807) is 28.6 Å². The Morgan fingerprint density at radius 3 is 2.74 bits per heavy atom. The van der Waals surface area contributed by atoms with Crippen LogP contribution in [0.25, 0.3) is 0 Å². The predicted molar refractivity (Wildman–Crippen MR) is 108 cm³/mol. The molecule has 1 aliphatic rings. The highest BCUT2D eigenvalue weighted by atomic mass is 32.2. The molecule has 7 nitrogen and oxygen atoms in total. The molecule has 1 N–H and O–H groups in total. The van der Waals surface area contributed by atoms with Crippen molar-refractivity contribution >= 4 is 51.6 Å². The molecule has 3 rings (SSSR count). The fraction of sp³-hybridized carbons (Fsp3) is 0.333. The van der Waals surface area contributed by atoms with Gasteiger partial charge >= 0.3 is 0 Å². The van der Waals surface area contributed by atoms with Gasteiger partial charge in [-0.2, -0.15) is 0 Å². The number of nitrogens with one attached hydrogen (secondary N) is 1. The quantitative estimate of drug-likeness (QED) is 0.800. The Labute approximate surface area is 165 Å². The van der Waals surface area contributed by atoms with Gasteiger partial charge in [0.2, 0.25) is 11.8 Å². The summed E-state index contributed by atoms with van der Waals surface area (Å²) in [7, 11) is 0. The fourth-order valence-electron chi connectivity index (χ4n) is 2.79. The summed E-state index contributed by atoms with van der Waals surface area (Å²) in [5.41, 5.74) is 1.11. The normalized spacial score (nSPS) is 13.3. The molecule has 0 fully saturated rings. The molecular weight excluding hydrogens is 384 g/mol. The number of aromatic nitrogens is 1. The lowest BCUT2D eigenvalue weighted by molar-refractivity contribution is -0.120. The van der Waals surface area contributed by atoms with E-state index < -0.39 is 0 Å². The van der Waals surface area contributed by atoms with E-state index in [9.17, 15) is 14.4 Å². The van der Waals surface area contributed by atoms with E-state index in [4.69, 9.17) is 0 Å². The van der Waals surface area contributed by atoms with Crippen molar-refractivity contribution in [2.24, 2.45) is 0 Å². The van der Waals surface area contributed by atoms with Crippen molar-refractivity contribution in [2.75, 3.05) is 35.6 Å². The fourth-order valence-corrected chi connectivity index (χ4v) is 4.25. The summed E-state index contributed by atoms with van der Waals surface area (Å²) in [6.07, 6.45) is 1.60. The second-order valence-electron chi connectivity index (χ2n) is 5.81. The van der Waals surface area contributed by atoms with Crippen molar-refractivity contribution in [3.05, 3.63) is 35.3 Å². The van der Waals surface area contributed by atoms with E-state index in [2.05, 4.69) is 10.3 Å². The van der Waals surface area contributed by atoms with Gasteiger partial charge in [0.1, 0.15) is 6.54 Å². The maximum absolute atomic E-state index is 12.6. The molecular formula is C18H20N4O3S2. The molecule has 0 aliphatic carbocycles. The number of hydrogen-bond acceptors (Lipinski definition) is 6. The van der Waals surface area contributed by atoms with Gasteiger partial charge < -0.3 is 15.1 Å². The Morgan fingerprint density at radius 2 is 2.07 bits per heavy atom. The molecule has 0 saturated heterocycles. The first-order chi connectivity index (χ1) is 13.0. The van der Waals surface area contributed by atoms with Crippen molar-refractivity contribution in [2.45, 2.75) is 18.7 Å². The molecule has 9 heteroatoms. The number of thiazole rings is 1. The molecule has 2 aromatic rings. The third-order valence-electron chi connectivity index (χ3n) is 4.18. The molecule has 142 valence electrons. The maximum Gasteiger partial charge on any atom is 0.253 e. The molecule has 1 aromatic carbocycles. The molecule has 0 radical (unpaired) electrons. The summed E-state index contributed by atoms with van der Waals surface area (Å²) in [6.45, 7) is 4.96. The summed E-state index contributed by atoms with van der Waals surface area (Å²) in [4.78, 5) is 45.5. The highest BCUT2D eigenvalue weighted by molar-refractivity contribution is 8.00. The average Bonchev–Trinajstić information content (AvgIpc) is 3.17. The van der Waals surface area contributed by atoms with Crippen LogP contribution in [-0.2, 0) is 9.59 Å². The zero-order chi connectivity index (χ0) is 19.4. The number of carbonyl (C=O) groups is 3. The topological polar surface area (TPSA) is 82.6 Å². The van der Waals surface area contributed by atoms with Crippen LogP contribution in [-0.4, -0.2) is 53.0 Å². The van der Waals surface area contributed by atoms with E-state index in [1.807, 2.05) is 19.9 Å². The van der Waals surface area contributed by atoms with E-state index in [0.717, 1.165) is 4.90 Å². The third-order valence-corrected chi connectivity index (χ3v) is 5.92. The first kappa shape index (κ1) is 19.4. The Hall–Kier alpha value is -2.39. The smallest absolute Gasteiger partial charge is 0.253 e. The summed E-state index contributed by atoms with van der Waals surface area (Å²) >= 11 is 2.73. The van der Waals surface area contributed by atoms with Crippen molar-refractivity contribution in [3.8, 4) is 0 Å². The lowest BCUT2D eigenvalue weighted by Crippen LogP contribution is -2.41. The molecule has 0 atom stereocenters. The van der Waals surface area contributed by atoms with Crippen LogP contribution < -0.4 is 10.2 Å². The first-order valence-corrected chi connectivity index (χ1v) is 10.5. The molecule has 27 heavy (non-hydrogen) atoms. The molecule has 1 aromatic heterocycles. The molecule has 0 spiro atoms. The van der Waals surface area contributed by atoms with Gasteiger partial charge in [-0.05, 0) is 32.0 Å². The second kappa shape index (κ2) is 8.53. The molecule has 3 amide bonds. The molecule has 0 unspecified atom stereocenters. The highest BCUT2D eigenvalue weighted by Gasteiger charge is 2.28. The zero-order valence-electron chi connectivity index (χ0n) is 15.1. The van der Waals surface area contributed by atoms with Gasteiger partial charge in [-0.1, -0.05) is 0 Å². The van der Waals surface area contributed by atoms with E-state index in [0.29, 0.717) is 29.5 Å². The minimum absolute atomic E-state index is 0.0852. The maximum atomic E-state index is 12.6. The summed E-state index contributed by atoms with van der Waals surface area (Å²) in [6, 6.07) is 5.32. The Kier molecular flexibility index (Phi) is 6.12. The average molecular weight is 405 g/mol. The van der Waals surface area contributed by atoms with Crippen LogP contribution in [0.2, 0.25) is 0 Å². The van der Waals surface area contributed by atoms with Crippen LogP contribution in [0.15, 0.2) is 34.7 Å². The van der Waals surface area contributed by atoms with Gasteiger partial charge in [0, 0.05) is 35.1 Å². The van der Waals surface area contributed by atoms with Crippen LogP contribution in [0.1, 0.15) is 24.2 Å². The van der Waals surface area contributed by atoms with Crippen LogP contribution in [0.5, 0.6) is 0 Å². The minimum atomic E-state index is -0.323. The van der Waals surface area contributed by atoms with Crippen molar-refractivity contribution in [1.82, 2.24) is 9.88 Å². The molecule has 2 heterocycles. The minimum Gasteiger partial charge on any atom is -0.339 e. The van der Waals surface area contributed by atoms with Crippen molar-refractivity contribution < 1.29 is 14.4 Å². The van der Waals surface area contributed by atoms with Gasteiger partial charge in [0.05, 0.1) is 11.4 Å². The number of rotatable bonds is 6. The van der Waals surface area contributed by atoms with Gasteiger partial charge in [-0.15, -0.1) is 23.1 Å². The van der Waals surface area contributed by atoms with Crippen LogP contribution in [0.4, 0.5) is 10.8 Å². The van der Waals surface area contributed by atoms with Gasteiger partial charge in [0.15, 0.2) is 5.13 Å². The number of carbonyl (C=O) groups excluding carboxylic acids is 3. The van der Waals surface area contributed by atoms with Gasteiger partial charge in [0.25, 0.3) is 5.91 Å². The Balaban J connectivity index is 1.84. The Morgan fingerprint density at radius 1 is 1.30 bits per heavy atom. The summed E-state index contributed by atoms with van der Waals surface area (Å²) in [5.74, 6) is -0.301. The van der Waals surface area contributed by atoms with Crippen LogP contribution >= 0.6 is 23.1 Å². The third kappa shape index (κ3) is 4.30. The summed E-state index contributed by atoms with van der Waals surface area (Å²) < 4.78 is 0. The monoisotopic (exact) mass is 404 g/mol. The standard InChI is InChI=1S/C18H20N4O3S2/c1-3-21(4-2)17(25)12-5-6-14-13(9-12)22(16(24)11-27-14)10-15(23)20-18-19-7-8-26-18/h5-9H,3-4,10-11H2,1-2H3,(H,19,20,23). The lowest BCUT2D eigenvalue weighted by atomic mass is 10.1. The molecule has 0 saturated carbocycles.